The van der Waals surface area contributed by atoms with Gasteiger partial charge in [-0.25, -0.2) is 0 Å². The molecule has 0 saturated carbocycles. The number of thiophene rings is 1. The Hall–Kier alpha value is -0.840. The molecule has 0 aliphatic rings. The van der Waals surface area contributed by atoms with Crippen LogP contribution in [-0.2, 0) is 13.2 Å². The zero-order valence-corrected chi connectivity index (χ0v) is 15.2. The molecule has 2 aromatic rings. The van der Waals surface area contributed by atoms with E-state index in [4.69, 9.17) is 4.74 Å². The molecule has 21 heavy (non-hydrogen) atoms. The summed E-state index contributed by atoms with van der Waals surface area (Å²) in [5.41, 5.74) is 2.45. The summed E-state index contributed by atoms with van der Waals surface area (Å²) in [6.07, 6.45) is 1.17. The first-order valence-corrected chi connectivity index (χ1v) is 8.89. The van der Waals surface area contributed by atoms with Crippen LogP contribution in [0, 0.1) is 13.8 Å². The van der Waals surface area contributed by atoms with Gasteiger partial charge in [0.05, 0.1) is 0 Å². The Balaban J connectivity index is 1.98. The van der Waals surface area contributed by atoms with E-state index in [2.05, 4.69) is 54.2 Å². The third-order valence-corrected chi connectivity index (χ3v) is 4.92. The zero-order valence-electron chi connectivity index (χ0n) is 12.8. The summed E-state index contributed by atoms with van der Waals surface area (Å²) in [6.45, 7) is 9.08. The Labute approximate surface area is 139 Å². The van der Waals surface area contributed by atoms with Crippen LogP contribution in [0.2, 0.25) is 0 Å². The maximum Gasteiger partial charge on any atom is 0.123 e. The predicted octanol–water partition coefficient (Wildman–Crippen LogP) is 5.21. The fourth-order valence-electron chi connectivity index (χ4n) is 2.09. The predicted molar refractivity (Wildman–Crippen MR) is 94.3 cm³/mol. The minimum Gasteiger partial charge on any atom is -0.489 e. The van der Waals surface area contributed by atoms with Crippen molar-refractivity contribution >= 4 is 27.3 Å². The summed E-state index contributed by atoms with van der Waals surface area (Å²) >= 11 is 5.35. The lowest BCUT2D eigenvalue weighted by Crippen LogP contribution is -2.12. The maximum absolute atomic E-state index is 5.98. The second-order valence-electron chi connectivity index (χ2n) is 5.17. The third-order valence-electron chi connectivity index (χ3n) is 3.33. The van der Waals surface area contributed by atoms with Gasteiger partial charge in [0.1, 0.15) is 12.4 Å². The standard InChI is InChI=1S/C17H22BrNOS/c1-4-7-19-10-16-8-14(13(3)21-16)11-20-17-9-15(18)6-5-12(17)2/h5-6,8-9,19H,4,7,10-11H2,1-3H3. The van der Waals surface area contributed by atoms with Gasteiger partial charge in [-0.05, 0) is 50.6 Å². The van der Waals surface area contributed by atoms with E-state index in [9.17, 15) is 0 Å². The van der Waals surface area contributed by atoms with Crippen molar-refractivity contribution in [2.45, 2.75) is 40.3 Å². The van der Waals surface area contributed by atoms with Crippen LogP contribution < -0.4 is 10.1 Å². The van der Waals surface area contributed by atoms with Gasteiger partial charge in [-0.15, -0.1) is 11.3 Å². The van der Waals surface area contributed by atoms with Crippen molar-refractivity contribution in [2.24, 2.45) is 0 Å². The quantitative estimate of drug-likeness (QED) is 0.678. The lowest BCUT2D eigenvalue weighted by molar-refractivity contribution is 0.303. The number of hydrogen-bond acceptors (Lipinski definition) is 3. The molecular formula is C17H22BrNOS. The van der Waals surface area contributed by atoms with Gasteiger partial charge in [0.15, 0.2) is 0 Å². The van der Waals surface area contributed by atoms with Crippen LogP contribution in [0.5, 0.6) is 5.75 Å². The van der Waals surface area contributed by atoms with E-state index < -0.39 is 0 Å². The highest BCUT2D eigenvalue weighted by Gasteiger charge is 2.07. The van der Waals surface area contributed by atoms with Crippen molar-refractivity contribution in [3.05, 3.63) is 49.6 Å². The van der Waals surface area contributed by atoms with E-state index in [1.807, 2.05) is 23.5 Å². The highest BCUT2D eigenvalue weighted by molar-refractivity contribution is 9.10. The summed E-state index contributed by atoms with van der Waals surface area (Å²) in [6, 6.07) is 8.40. The van der Waals surface area contributed by atoms with Crippen LogP contribution in [0.25, 0.3) is 0 Å². The molecule has 0 aliphatic carbocycles. The van der Waals surface area contributed by atoms with Gasteiger partial charge in [-0.2, -0.15) is 0 Å². The highest BCUT2D eigenvalue weighted by Crippen LogP contribution is 2.26. The molecule has 0 radical (unpaired) electrons. The summed E-state index contributed by atoms with van der Waals surface area (Å²) in [5.74, 6) is 0.945. The number of halogens is 1. The van der Waals surface area contributed by atoms with Crippen LogP contribution in [-0.4, -0.2) is 6.54 Å². The van der Waals surface area contributed by atoms with Crippen molar-refractivity contribution in [3.8, 4) is 5.75 Å². The molecule has 1 N–H and O–H groups in total. The van der Waals surface area contributed by atoms with Gasteiger partial charge in [-0.3, -0.25) is 0 Å². The summed E-state index contributed by atoms with van der Waals surface area (Å²) < 4.78 is 7.03. The fraction of sp³-hybridized carbons (Fsp3) is 0.412. The molecule has 0 spiro atoms. The minimum atomic E-state index is 0.632. The summed E-state index contributed by atoms with van der Waals surface area (Å²) in [7, 11) is 0. The first kappa shape index (κ1) is 16.5. The highest BCUT2D eigenvalue weighted by atomic mass is 79.9. The SMILES string of the molecule is CCCNCc1cc(COc2cc(Br)ccc2C)c(C)s1. The summed E-state index contributed by atoms with van der Waals surface area (Å²) in [4.78, 5) is 2.72. The average molecular weight is 368 g/mol. The van der Waals surface area contributed by atoms with E-state index >= 15 is 0 Å². The monoisotopic (exact) mass is 367 g/mol. The van der Waals surface area contributed by atoms with E-state index in [0.29, 0.717) is 6.61 Å². The van der Waals surface area contributed by atoms with Crippen molar-refractivity contribution in [1.82, 2.24) is 5.32 Å². The van der Waals surface area contributed by atoms with Crippen LogP contribution in [0.4, 0.5) is 0 Å². The molecule has 1 aromatic carbocycles. The number of nitrogens with one attached hydrogen (secondary N) is 1. The zero-order chi connectivity index (χ0) is 15.2. The molecule has 0 atom stereocenters. The smallest absolute Gasteiger partial charge is 0.123 e. The third kappa shape index (κ3) is 4.83. The number of hydrogen-bond donors (Lipinski definition) is 1. The van der Waals surface area contributed by atoms with Crippen molar-refractivity contribution in [3.63, 3.8) is 0 Å². The fourth-order valence-corrected chi connectivity index (χ4v) is 3.45. The Kier molecular flexibility index (Phi) is 6.27. The molecule has 1 heterocycles. The van der Waals surface area contributed by atoms with Crippen molar-refractivity contribution in [1.29, 1.82) is 0 Å². The molecule has 0 aliphatic heterocycles. The molecule has 0 unspecified atom stereocenters. The molecule has 4 heteroatoms. The molecule has 1 aromatic heterocycles. The topological polar surface area (TPSA) is 21.3 Å². The van der Waals surface area contributed by atoms with Crippen LogP contribution >= 0.6 is 27.3 Å². The molecule has 2 nitrogen and oxygen atoms in total. The lowest BCUT2D eigenvalue weighted by Gasteiger charge is -2.09. The average Bonchev–Trinajstić information content (AvgIpc) is 2.80. The summed E-state index contributed by atoms with van der Waals surface area (Å²) in [5, 5.41) is 3.45. The number of aryl methyl sites for hydroxylation is 2. The van der Waals surface area contributed by atoms with E-state index in [1.54, 1.807) is 0 Å². The van der Waals surface area contributed by atoms with Gasteiger partial charge < -0.3 is 10.1 Å². The normalized spacial score (nSPS) is 10.9. The second kappa shape index (κ2) is 7.97. The van der Waals surface area contributed by atoms with Gasteiger partial charge in [0, 0.05) is 26.3 Å². The number of rotatable bonds is 7. The number of benzene rings is 1. The van der Waals surface area contributed by atoms with Crippen LogP contribution in [0.15, 0.2) is 28.7 Å². The molecule has 0 bridgehead atoms. The molecule has 114 valence electrons. The van der Waals surface area contributed by atoms with E-state index in [1.165, 1.54) is 21.7 Å². The molecule has 2 rings (SSSR count). The van der Waals surface area contributed by atoms with Crippen LogP contribution in [0.3, 0.4) is 0 Å². The first-order chi connectivity index (χ1) is 10.1. The van der Waals surface area contributed by atoms with Crippen molar-refractivity contribution < 1.29 is 4.74 Å². The molecular weight excluding hydrogens is 346 g/mol. The van der Waals surface area contributed by atoms with E-state index in [-0.39, 0.29) is 0 Å². The largest absolute Gasteiger partial charge is 0.489 e. The molecule has 0 fully saturated rings. The second-order valence-corrected chi connectivity index (χ2v) is 7.43. The maximum atomic E-state index is 5.98. The Bertz CT molecular complexity index is 594. The molecule has 0 amide bonds. The molecule has 0 saturated heterocycles. The Morgan fingerprint density at radius 2 is 2.05 bits per heavy atom. The van der Waals surface area contributed by atoms with E-state index in [0.717, 1.165) is 28.9 Å². The van der Waals surface area contributed by atoms with Gasteiger partial charge in [-0.1, -0.05) is 28.9 Å². The van der Waals surface area contributed by atoms with Crippen molar-refractivity contribution in [2.75, 3.05) is 6.54 Å². The Morgan fingerprint density at radius 1 is 1.24 bits per heavy atom. The minimum absolute atomic E-state index is 0.632. The van der Waals surface area contributed by atoms with Crippen LogP contribution in [0.1, 0.15) is 34.2 Å². The lowest BCUT2D eigenvalue weighted by atomic mass is 10.2. The number of ether oxygens (including phenoxy) is 1. The van der Waals surface area contributed by atoms with Gasteiger partial charge >= 0.3 is 0 Å². The van der Waals surface area contributed by atoms with Gasteiger partial charge in [0.2, 0.25) is 0 Å². The Morgan fingerprint density at radius 3 is 2.81 bits per heavy atom. The van der Waals surface area contributed by atoms with Gasteiger partial charge in [0.25, 0.3) is 0 Å². The first-order valence-electron chi connectivity index (χ1n) is 7.28.